The van der Waals surface area contributed by atoms with E-state index in [4.69, 9.17) is 14.2 Å². The minimum atomic E-state index is -4.62. The number of rotatable bonds is 9. The summed E-state index contributed by atoms with van der Waals surface area (Å²) in [5.74, 6) is -3.84. The minimum absolute atomic E-state index is 0.0391. The fraction of sp³-hybridized carbons (Fsp3) is 0.300. The molecule has 0 spiro atoms. The molecule has 0 saturated carbocycles. The van der Waals surface area contributed by atoms with Crippen molar-refractivity contribution < 1.29 is 41.8 Å². The largest absolute Gasteiger partial charge is 0.460 e. The van der Waals surface area contributed by atoms with Gasteiger partial charge in [-0.2, -0.15) is 13.2 Å². The number of amides is 1. The van der Waals surface area contributed by atoms with Gasteiger partial charge in [-0.1, -0.05) is 72.8 Å². The normalized spacial score (nSPS) is 12.4. The van der Waals surface area contributed by atoms with Gasteiger partial charge in [-0.3, -0.25) is 9.59 Å². The molecule has 0 bridgehead atoms. The molecule has 0 radical (unpaired) electrons. The number of alkyl halides is 3. The van der Waals surface area contributed by atoms with Crippen LogP contribution in [0.5, 0.6) is 0 Å². The number of benzene rings is 3. The van der Waals surface area contributed by atoms with Gasteiger partial charge in [0.25, 0.3) is 0 Å². The maximum Gasteiger partial charge on any atom is 0.416 e. The number of esters is 2. The van der Waals surface area contributed by atoms with Crippen molar-refractivity contribution in [2.45, 2.75) is 51.8 Å². The van der Waals surface area contributed by atoms with Crippen molar-refractivity contribution in [3.8, 4) is 0 Å². The van der Waals surface area contributed by atoms with Gasteiger partial charge < -0.3 is 19.5 Å². The van der Waals surface area contributed by atoms with Crippen molar-refractivity contribution in [1.82, 2.24) is 5.32 Å². The lowest BCUT2D eigenvalue weighted by Gasteiger charge is -2.28. The van der Waals surface area contributed by atoms with E-state index in [1.165, 1.54) is 0 Å². The lowest BCUT2D eigenvalue weighted by atomic mass is 9.92. The zero-order valence-electron chi connectivity index (χ0n) is 22.2. The van der Waals surface area contributed by atoms with E-state index in [9.17, 15) is 27.6 Å². The molecular weight excluding hydrogens is 527 g/mol. The maximum absolute atomic E-state index is 13.4. The van der Waals surface area contributed by atoms with Gasteiger partial charge in [-0.25, -0.2) is 4.79 Å². The third-order valence-corrected chi connectivity index (χ3v) is 5.56. The number of ether oxygens (including phenoxy) is 3. The van der Waals surface area contributed by atoms with E-state index in [1.54, 1.807) is 81.4 Å². The lowest BCUT2D eigenvalue weighted by Crippen LogP contribution is -2.43. The molecule has 1 atom stereocenters. The van der Waals surface area contributed by atoms with Crippen molar-refractivity contribution >= 4 is 18.0 Å². The SMILES string of the molecule is CC(C)(C)OC(=O)N[C@@H](c1ccc(C(F)(F)F)cc1)C(C(=O)OCc1ccccc1)C(=O)OCc1ccccc1. The summed E-state index contributed by atoms with van der Waals surface area (Å²) < 4.78 is 55.8. The second-order valence-corrected chi connectivity index (χ2v) is 9.91. The molecule has 7 nitrogen and oxygen atoms in total. The van der Waals surface area contributed by atoms with Crippen molar-refractivity contribution in [3.63, 3.8) is 0 Å². The molecule has 3 aromatic rings. The molecule has 40 heavy (non-hydrogen) atoms. The average Bonchev–Trinajstić information content (AvgIpc) is 2.90. The average molecular weight is 558 g/mol. The summed E-state index contributed by atoms with van der Waals surface area (Å²) in [7, 11) is 0. The molecule has 0 aromatic heterocycles. The van der Waals surface area contributed by atoms with Crippen LogP contribution in [0.1, 0.15) is 49.1 Å². The molecule has 10 heteroatoms. The van der Waals surface area contributed by atoms with Crippen LogP contribution >= 0.6 is 0 Å². The summed E-state index contributed by atoms with van der Waals surface area (Å²) in [6.45, 7) is 4.46. The Morgan fingerprint density at radius 3 is 1.57 bits per heavy atom. The Balaban J connectivity index is 1.97. The van der Waals surface area contributed by atoms with Crippen LogP contribution in [0.15, 0.2) is 84.9 Å². The van der Waals surface area contributed by atoms with E-state index >= 15 is 0 Å². The first-order valence-corrected chi connectivity index (χ1v) is 12.4. The summed E-state index contributed by atoms with van der Waals surface area (Å²) in [6, 6.07) is 19.6. The highest BCUT2D eigenvalue weighted by atomic mass is 19.4. The van der Waals surface area contributed by atoms with Gasteiger partial charge in [0.05, 0.1) is 11.6 Å². The molecule has 0 saturated heterocycles. The van der Waals surface area contributed by atoms with Gasteiger partial charge in [-0.15, -0.1) is 0 Å². The molecule has 0 unspecified atom stereocenters. The molecule has 1 amide bonds. The van der Waals surface area contributed by atoms with E-state index in [0.717, 1.165) is 24.3 Å². The van der Waals surface area contributed by atoms with Crippen LogP contribution in [0.4, 0.5) is 18.0 Å². The number of halogens is 3. The van der Waals surface area contributed by atoms with Gasteiger partial charge in [0.2, 0.25) is 0 Å². The first kappa shape index (κ1) is 30.2. The van der Waals surface area contributed by atoms with Crippen LogP contribution in [0.2, 0.25) is 0 Å². The van der Waals surface area contributed by atoms with Gasteiger partial charge in [0, 0.05) is 0 Å². The maximum atomic E-state index is 13.4. The zero-order valence-corrected chi connectivity index (χ0v) is 22.2. The van der Waals surface area contributed by atoms with E-state index < -0.39 is 47.3 Å². The second-order valence-electron chi connectivity index (χ2n) is 9.91. The Morgan fingerprint density at radius 2 is 1.18 bits per heavy atom. The summed E-state index contributed by atoms with van der Waals surface area (Å²) in [6.07, 6.45) is -5.61. The standard InChI is InChI=1S/C30H30F3NO6/c1-29(2,3)40-28(37)34-25(22-14-16-23(17-15-22)30(31,32)33)24(26(35)38-18-20-10-6-4-7-11-20)27(36)39-19-21-12-8-5-9-13-21/h4-17,24-25H,18-19H2,1-3H3,(H,34,37)/t25-/m0/s1. The highest BCUT2D eigenvalue weighted by Crippen LogP contribution is 2.32. The van der Waals surface area contributed by atoms with Crippen molar-refractivity contribution in [3.05, 3.63) is 107 Å². The van der Waals surface area contributed by atoms with Crippen LogP contribution in [-0.4, -0.2) is 23.6 Å². The highest BCUT2D eigenvalue weighted by molar-refractivity contribution is 5.96. The summed E-state index contributed by atoms with van der Waals surface area (Å²) in [5, 5.41) is 2.46. The Hall–Kier alpha value is -4.34. The zero-order chi connectivity index (χ0) is 29.3. The first-order chi connectivity index (χ1) is 18.8. The number of alkyl carbamates (subject to hydrolysis) is 1. The molecule has 0 heterocycles. The minimum Gasteiger partial charge on any atom is -0.460 e. The van der Waals surface area contributed by atoms with Crippen molar-refractivity contribution in [2.24, 2.45) is 5.92 Å². The summed E-state index contributed by atoms with van der Waals surface area (Å²) in [4.78, 5) is 39.5. The topological polar surface area (TPSA) is 90.9 Å². The number of hydrogen-bond donors (Lipinski definition) is 1. The van der Waals surface area contributed by atoms with E-state index in [2.05, 4.69) is 5.32 Å². The van der Waals surface area contributed by atoms with Crippen LogP contribution in [0, 0.1) is 5.92 Å². The molecule has 0 aliphatic carbocycles. The summed E-state index contributed by atoms with van der Waals surface area (Å²) >= 11 is 0. The number of hydrogen-bond acceptors (Lipinski definition) is 6. The first-order valence-electron chi connectivity index (χ1n) is 12.4. The highest BCUT2D eigenvalue weighted by Gasteiger charge is 2.41. The van der Waals surface area contributed by atoms with Gasteiger partial charge >= 0.3 is 24.2 Å². The van der Waals surface area contributed by atoms with Crippen molar-refractivity contribution in [2.75, 3.05) is 0 Å². The van der Waals surface area contributed by atoms with E-state index in [-0.39, 0.29) is 18.8 Å². The van der Waals surface area contributed by atoms with Gasteiger partial charge in [0.1, 0.15) is 18.8 Å². The quantitative estimate of drug-likeness (QED) is 0.187. The molecule has 0 aliphatic heterocycles. The lowest BCUT2D eigenvalue weighted by molar-refractivity contribution is -0.165. The van der Waals surface area contributed by atoms with Gasteiger partial charge in [-0.05, 0) is 49.6 Å². The third-order valence-electron chi connectivity index (χ3n) is 5.56. The second kappa shape index (κ2) is 13.1. The predicted octanol–water partition coefficient (Wildman–Crippen LogP) is 6.37. The Bertz CT molecular complexity index is 1220. The Morgan fingerprint density at radius 1 is 0.725 bits per heavy atom. The summed E-state index contributed by atoms with van der Waals surface area (Å²) in [5.41, 5.74) is -0.567. The van der Waals surface area contributed by atoms with E-state index in [1.807, 2.05) is 0 Å². The Kier molecular flexibility index (Phi) is 9.93. The molecule has 0 fully saturated rings. The third kappa shape index (κ3) is 9.14. The number of carbonyl (C=O) groups is 3. The molecule has 212 valence electrons. The van der Waals surface area contributed by atoms with Gasteiger partial charge in [0.15, 0.2) is 5.92 Å². The molecule has 3 aromatic carbocycles. The molecule has 0 aliphatic rings. The fourth-order valence-corrected chi connectivity index (χ4v) is 3.68. The van der Waals surface area contributed by atoms with Crippen LogP contribution in [-0.2, 0) is 43.2 Å². The van der Waals surface area contributed by atoms with Crippen molar-refractivity contribution in [1.29, 1.82) is 0 Å². The monoisotopic (exact) mass is 557 g/mol. The smallest absolute Gasteiger partial charge is 0.416 e. The molecule has 3 rings (SSSR count). The van der Waals surface area contributed by atoms with Crippen LogP contribution < -0.4 is 5.32 Å². The Labute approximate surface area is 230 Å². The predicted molar refractivity (Wildman–Crippen MR) is 140 cm³/mol. The van der Waals surface area contributed by atoms with Crippen LogP contribution in [0.3, 0.4) is 0 Å². The van der Waals surface area contributed by atoms with Crippen LogP contribution in [0.25, 0.3) is 0 Å². The number of nitrogens with one attached hydrogen (secondary N) is 1. The fourth-order valence-electron chi connectivity index (χ4n) is 3.68. The molecule has 1 N–H and O–H groups in total. The molecular formula is C30H30F3NO6. The number of carbonyl (C=O) groups excluding carboxylic acids is 3. The van der Waals surface area contributed by atoms with E-state index in [0.29, 0.717) is 11.1 Å².